The van der Waals surface area contributed by atoms with Gasteiger partial charge in [0.15, 0.2) is 6.29 Å². The van der Waals surface area contributed by atoms with E-state index in [2.05, 4.69) is 10.0 Å². The van der Waals surface area contributed by atoms with Gasteiger partial charge in [-0.15, -0.1) is 0 Å². The first-order chi connectivity index (χ1) is 11.3. The Kier molecular flexibility index (Phi) is 7.43. The van der Waals surface area contributed by atoms with E-state index < -0.39 is 67.3 Å². The number of hydrogen-bond donors (Lipinski definition) is 3. The van der Waals surface area contributed by atoms with Crippen LogP contribution in [0.5, 0.6) is 0 Å². The molecule has 24 heavy (non-hydrogen) atoms. The van der Waals surface area contributed by atoms with Crippen molar-refractivity contribution in [2.75, 3.05) is 13.7 Å². The Morgan fingerprint density at radius 2 is 1.54 bits per heavy atom. The van der Waals surface area contributed by atoms with Crippen LogP contribution >= 0.6 is 0 Å². The lowest BCUT2D eigenvalue weighted by Crippen LogP contribution is -2.51. The van der Waals surface area contributed by atoms with E-state index >= 15 is 0 Å². The van der Waals surface area contributed by atoms with E-state index in [1.807, 2.05) is 0 Å². The van der Waals surface area contributed by atoms with Crippen LogP contribution < -0.4 is 0 Å². The molecule has 0 aliphatic carbocycles. The molecule has 0 aromatic rings. The molecular weight excluding hydrogens is 326 g/mol. The molecule has 1 saturated heterocycles. The number of azide groups is 1. The molecule has 0 bridgehead atoms. The molecule has 5 atom stereocenters. The van der Waals surface area contributed by atoms with Gasteiger partial charge >= 0.3 is 17.9 Å². The van der Waals surface area contributed by atoms with Crippen LogP contribution in [0.15, 0.2) is 5.11 Å². The van der Waals surface area contributed by atoms with Crippen LogP contribution in [-0.4, -0.2) is 59.3 Å². The Morgan fingerprint density at radius 1 is 1.04 bits per heavy atom. The summed E-state index contributed by atoms with van der Waals surface area (Å²) in [6.45, 7) is -0.204. The smallest absolute Gasteiger partial charge is 0.303 e. The molecule has 0 unspecified atom stereocenters. The molecule has 1 heterocycles. The number of carbonyl (C=O) groups is 3. The SMILES string of the molecule is CO[C@H]1O[C@H](CN=[N+]=[N-])[C@@H](CC(=O)O)[C@@H](CC(=O)O)[C@@H]1CC(=O)O. The number of nitrogens with zero attached hydrogens (tertiary/aromatic N) is 3. The fraction of sp³-hybridized carbons (Fsp3) is 0.769. The summed E-state index contributed by atoms with van der Waals surface area (Å²) in [4.78, 5) is 36.0. The van der Waals surface area contributed by atoms with Crippen molar-refractivity contribution >= 4 is 17.9 Å². The van der Waals surface area contributed by atoms with Gasteiger partial charge in [0.2, 0.25) is 0 Å². The quantitative estimate of drug-likeness (QED) is 0.313. The van der Waals surface area contributed by atoms with Gasteiger partial charge in [-0.25, -0.2) is 0 Å². The van der Waals surface area contributed by atoms with Gasteiger partial charge in [-0.05, 0) is 17.4 Å². The van der Waals surface area contributed by atoms with Gasteiger partial charge in [-0.3, -0.25) is 14.4 Å². The summed E-state index contributed by atoms with van der Waals surface area (Å²) in [7, 11) is 1.28. The molecule has 134 valence electrons. The Balaban J connectivity index is 3.22. The fourth-order valence-electron chi connectivity index (χ4n) is 3.13. The second-order valence-corrected chi connectivity index (χ2v) is 5.48. The minimum Gasteiger partial charge on any atom is -0.481 e. The molecule has 3 N–H and O–H groups in total. The zero-order valence-corrected chi connectivity index (χ0v) is 12.9. The third-order valence-electron chi connectivity index (χ3n) is 4.02. The zero-order valence-electron chi connectivity index (χ0n) is 12.9. The number of aliphatic carboxylic acids is 3. The molecular formula is C13H19N3O8. The number of rotatable bonds is 9. The van der Waals surface area contributed by atoms with Crippen molar-refractivity contribution in [3.8, 4) is 0 Å². The predicted molar refractivity (Wildman–Crippen MR) is 76.9 cm³/mol. The van der Waals surface area contributed by atoms with Gasteiger partial charge in [-0.1, -0.05) is 5.11 Å². The maximum atomic E-state index is 11.2. The average molecular weight is 345 g/mol. The van der Waals surface area contributed by atoms with Crippen molar-refractivity contribution in [2.45, 2.75) is 31.7 Å². The Bertz CT molecular complexity index is 533. The third kappa shape index (κ3) is 5.37. The topological polar surface area (TPSA) is 179 Å². The highest BCUT2D eigenvalue weighted by Gasteiger charge is 2.47. The van der Waals surface area contributed by atoms with Gasteiger partial charge in [0.25, 0.3) is 0 Å². The molecule has 11 heteroatoms. The first kappa shape index (κ1) is 19.7. The summed E-state index contributed by atoms with van der Waals surface area (Å²) >= 11 is 0. The van der Waals surface area contributed by atoms with Crippen molar-refractivity contribution in [1.82, 2.24) is 0 Å². The number of carboxylic acids is 3. The Hall–Kier alpha value is -2.36. The lowest BCUT2D eigenvalue weighted by Gasteiger charge is -2.45. The van der Waals surface area contributed by atoms with Crippen molar-refractivity contribution in [1.29, 1.82) is 0 Å². The van der Waals surface area contributed by atoms with E-state index in [0.29, 0.717) is 0 Å². The second kappa shape index (κ2) is 9.06. The third-order valence-corrected chi connectivity index (χ3v) is 4.02. The molecule has 1 aliphatic rings. The minimum absolute atomic E-state index is 0.204. The van der Waals surface area contributed by atoms with Crippen LogP contribution in [0.4, 0.5) is 0 Å². The number of hydrogen-bond acceptors (Lipinski definition) is 6. The molecule has 0 spiro atoms. The predicted octanol–water partition coefficient (Wildman–Crippen LogP) is 0.941. The maximum absolute atomic E-state index is 11.2. The summed E-state index contributed by atoms with van der Waals surface area (Å²) in [5.74, 6) is -6.02. The monoisotopic (exact) mass is 345 g/mol. The normalized spacial score (nSPS) is 29.5. The number of carboxylic acid groups (broad SMARTS) is 3. The van der Waals surface area contributed by atoms with Gasteiger partial charge < -0.3 is 24.8 Å². The first-order valence-corrected chi connectivity index (χ1v) is 7.14. The molecule has 0 amide bonds. The molecule has 1 aliphatic heterocycles. The molecule has 0 saturated carbocycles. The standard InChI is InChI=1S/C13H19N3O8/c1-23-13-8(4-12(21)22)6(2-10(17)18)7(3-11(19)20)9(24-13)5-15-16-14/h6-9,13H,2-5H2,1H3,(H,17,18)(H,19,20)(H,21,22)/t6-,7+,8+,9-,13+/m1/s1. The highest BCUT2D eigenvalue weighted by molar-refractivity contribution is 5.70. The van der Waals surface area contributed by atoms with Crippen LogP contribution in [0.2, 0.25) is 0 Å². The maximum Gasteiger partial charge on any atom is 0.303 e. The van der Waals surface area contributed by atoms with Gasteiger partial charge in [0.1, 0.15) is 0 Å². The van der Waals surface area contributed by atoms with Crippen molar-refractivity contribution in [3.63, 3.8) is 0 Å². The Labute approximate surface area is 136 Å². The second-order valence-electron chi connectivity index (χ2n) is 5.48. The van der Waals surface area contributed by atoms with Gasteiger partial charge in [0, 0.05) is 24.4 Å². The van der Waals surface area contributed by atoms with E-state index in [-0.39, 0.29) is 6.54 Å². The Morgan fingerprint density at radius 3 is 2.00 bits per heavy atom. The summed E-state index contributed by atoms with van der Waals surface area (Å²) in [5.41, 5.74) is 8.45. The van der Waals surface area contributed by atoms with E-state index in [0.717, 1.165) is 0 Å². The number of ether oxygens (including phenoxy) is 2. The molecule has 11 nitrogen and oxygen atoms in total. The van der Waals surface area contributed by atoms with E-state index in [1.54, 1.807) is 0 Å². The van der Waals surface area contributed by atoms with Gasteiger partial charge in [0.05, 0.1) is 25.5 Å². The average Bonchev–Trinajstić information content (AvgIpc) is 2.48. The van der Waals surface area contributed by atoms with Gasteiger partial charge in [-0.2, -0.15) is 0 Å². The van der Waals surface area contributed by atoms with Crippen molar-refractivity contribution in [3.05, 3.63) is 10.4 Å². The minimum atomic E-state index is -1.19. The first-order valence-electron chi connectivity index (χ1n) is 7.14. The molecule has 0 radical (unpaired) electrons. The van der Waals surface area contributed by atoms with Crippen LogP contribution in [0.1, 0.15) is 19.3 Å². The summed E-state index contributed by atoms with van der Waals surface area (Å²) in [5, 5.41) is 30.7. The van der Waals surface area contributed by atoms with E-state index in [1.165, 1.54) is 7.11 Å². The van der Waals surface area contributed by atoms with Crippen LogP contribution in [0.25, 0.3) is 10.4 Å². The van der Waals surface area contributed by atoms with Crippen LogP contribution in [-0.2, 0) is 23.9 Å². The lowest BCUT2D eigenvalue weighted by molar-refractivity contribution is -0.247. The molecule has 0 aromatic heterocycles. The summed E-state index contributed by atoms with van der Waals surface area (Å²) < 4.78 is 10.7. The van der Waals surface area contributed by atoms with Crippen LogP contribution in [0, 0.1) is 17.8 Å². The summed E-state index contributed by atoms with van der Waals surface area (Å²) in [6.07, 6.45) is -3.21. The fourth-order valence-corrected chi connectivity index (χ4v) is 3.13. The lowest BCUT2D eigenvalue weighted by atomic mass is 9.71. The largest absolute Gasteiger partial charge is 0.481 e. The van der Waals surface area contributed by atoms with E-state index in [4.69, 9.17) is 30.3 Å². The highest BCUT2D eigenvalue weighted by atomic mass is 16.7. The van der Waals surface area contributed by atoms with Crippen LogP contribution in [0.3, 0.4) is 0 Å². The highest BCUT2D eigenvalue weighted by Crippen LogP contribution is 2.41. The summed E-state index contributed by atoms with van der Waals surface area (Å²) in [6, 6.07) is 0. The zero-order chi connectivity index (χ0) is 18.3. The van der Waals surface area contributed by atoms with Crippen molar-refractivity contribution < 1.29 is 39.2 Å². The molecule has 1 fully saturated rings. The molecule has 1 rings (SSSR count). The molecule has 0 aromatic carbocycles. The number of methoxy groups -OCH3 is 1. The van der Waals surface area contributed by atoms with E-state index in [9.17, 15) is 14.4 Å². The van der Waals surface area contributed by atoms with Crippen molar-refractivity contribution in [2.24, 2.45) is 22.9 Å².